The Labute approximate surface area is 190 Å². The third-order valence-electron chi connectivity index (χ3n) is 6.64. The lowest BCUT2D eigenvalue weighted by Crippen LogP contribution is -2.42. The van der Waals surface area contributed by atoms with Gasteiger partial charge in [0.05, 0.1) is 4.90 Å². The van der Waals surface area contributed by atoms with Crippen LogP contribution in [0.25, 0.3) is 11.1 Å². The van der Waals surface area contributed by atoms with Crippen LogP contribution >= 0.6 is 0 Å². The summed E-state index contributed by atoms with van der Waals surface area (Å²) in [5.41, 5.74) is 6.22. The minimum Gasteiger partial charge on any atom is -0.367 e. The summed E-state index contributed by atoms with van der Waals surface area (Å²) < 4.78 is 28.0. The number of fused-ring (bicyclic) bond motifs is 1. The van der Waals surface area contributed by atoms with Crippen molar-refractivity contribution in [1.29, 1.82) is 0 Å². The molecule has 0 bridgehead atoms. The molecule has 2 aromatic carbocycles. The monoisotopic (exact) mass is 447 g/mol. The standard InChI is InChI=1S/C26H29N3O2S/c1-19-5-12-26(27-18-19)28-24-13-15-29(16-14-24)32(30,31)25-10-8-21(9-11-25)23-7-6-20-3-2-4-22(20)17-23/h5-12,17-18,24H,2-4,13-16H2,1H3,(H,27,28). The molecule has 1 saturated heterocycles. The van der Waals surface area contributed by atoms with Crippen molar-refractivity contribution in [3.8, 4) is 11.1 Å². The summed E-state index contributed by atoms with van der Waals surface area (Å²) in [4.78, 5) is 4.77. The molecule has 0 atom stereocenters. The van der Waals surface area contributed by atoms with E-state index in [0.29, 0.717) is 18.0 Å². The maximum Gasteiger partial charge on any atom is 0.243 e. The van der Waals surface area contributed by atoms with Gasteiger partial charge in [-0.2, -0.15) is 4.31 Å². The van der Waals surface area contributed by atoms with E-state index in [9.17, 15) is 8.42 Å². The van der Waals surface area contributed by atoms with E-state index in [1.807, 2.05) is 37.4 Å². The summed E-state index contributed by atoms with van der Waals surface area (Å²) in [6, 6.07) is 18.2. The maximum absolute atomic E-state index is 13.2. The number of nitrogens with zero attached hydrogens (tertiary/aromatic N) is 2. The van der Waals surface area contributed by atoms with Crippen LogP contribution in [-0.2, 0) is 22.9 Å². The highest BCUT2D eigenvalue weighted by Gasteiger charge is 2.29. The summed E-state index contributed by atoms with van der Waals surface area (Å²) in [5, 5.41) is 3.43. The molecule has 3 aromatic rings. The van der Waals surface area contributed by atoms with Crippen LogP contribution in [0.5, 0.6) is 0 Å². The summed E-state index contributed by atoms with van der Waals surface area (Å²) in [7, 11) is -3.48. The SMILES string of the molecule is Cc1ccc(NC2CCN(S(=O)(=O)c3ccc(-c4ccc5c(c4)CCC5)cc3)CC2)nc1. The van der Waals surface area contributed by atoms with Gasteiger partial charge in [0.2, 0.25) is 10.0 Å². The Morgan fingerprint density at radius 2 is 1.62 bits per heavy atom. The number of aromatic nitrogens is 1. The molecule has 0 unspecified atom stereocenters. The van der Waals surface area contributed by atoms with Crippen molar-refractivity contribution >= 4 is 15.8 Å². The van der Waals surface area contributed by atoms with Crippen LogP contribution in [0, 0.1) is 6.92 Å². The van der Waals surface area contributed by atoms with Gasteiger partial charge >= 0.3 is 0 Å². The molecule has 0 radical (unpaired) electrons. The number of pyridine rings is 1. The van der Waals surface area contributed by atoms with E-state index in [-0.39, 0.29) is 6.04 Å². The topological polar surface area (TPSA) is 62.3 Å². The van der Waals surface area contributed by atoms with Crippen molar-refractivity contribution in [1.82, 2.24) is 9.29 Å². The lowest BCUT2D eigenvalue weighted by molar-refractivity contribution is 0.329. The van der Waals surface area contributed by atoms with Crippen LogP contribution < -0.4 is 5.32 Å². The molecule has 166 valence electrons. The number of nitrogens with one attached hydrogen (secondary N) is 1. The van der Waals surface area contributed by atoms with Crippen LogP contribution in [0.1, 0.15) is 36.0 Å². The van der Waals surface area contributed by atoms with E-state index in [1.165, 1.54) is 24.0 Å². The van der Waals surface area contributed by atoms with Gasteiger partial charge in [0.15, 0.2) is 0 Å². The summed E-state index contributed by atoms with van der Waals surface area (Å²) in [6.45, 7) is 3.04. The van der Waals surface area contributed by atoms with Gasteiger partial charge in [0, 0.05) is 25.3 Å². The van der Waals surface area contributed by atoms with Gasteiger partial charge in [-0.1, -0.05) is 36.4 Å². The van der Waals surface area contributed by atoms with Gasteiger partial charge in [0.1, 0.15) is 5.82 Å². The predicted octanol–water partition coefficient (Wildman–Crippen LogP) is 4.81. The average molecular weight is 448 g/mol. The predicted molar refractivity (Wildman–Crippen MR) is 128 cm³/mol. The Morgan fingerprint density at radius 3 is 2.34 bits per heavy atom. The normalized spacial score (nSPS) is 17.3. The second-order valence-electron chi connectivity index (χ2n) is 8.90. The van der Waals surface area contributed by atoms with E-state index < -0.39 is 10.0 Å². The number of sulfonamides is 1. The number of aryl methyl sites for hydroxylation is 3. The molecule has 0 amide bonds. The average Bonchev–Trinajstić information content (AvgIpc) is 3.29. The van der Waals surface area contributed by atoms with Crippen LogP contribution in [0.3, 0.4) is 0 Å². The highest BCUT2D eigenvalue weighted by molar-refractivity contribution is 7.89. The first-order chi connectivity index (χ1) is 15.5. The van der Waals surface area contributed by atoms with Crippen molar-refractivity contribution in [2.45, 2.75) is 50.0 Å². The van der Waals surface area contributed by atoms with E-state index in [1.54, 1.807) is 16.4 Å². The molecule has 2 aliphatic rings. The van der Waals surface area contributed by atoms with Crippen molar-refractivity contribution in [2.75, 3.05) is 18.4 Å². The zero-order valence-electron chi connectivity index (χ0n) is 18.4. The quantitative estimate of drug-likeness (QED) is 0.610. The van der Waals surface area contributed by atoms with Gasteiger partial charge in [-0.3, -0.25) is 0 Å². The fraction of sp³-hybridized carbons (Fsp3) is 0.346. The molecular weight excluding hydrogens is 418 g/mol. The lowest BCUT2D eigenvalue weighted by Gasteiger charge is -2.32. The number of rotatable bonds is 5. The second-order valence-corrected chi connectivity index (χ2v) is 10.8. The highest BCUT2D eigenvalue weighted by atomic mass is 32.2. The number of anilines is 1. The van der Waals surface area contributed by atoms with Gasteiger partial charge in [-0.05, 0) is 85.0 Å². The zero-order valence-corrected chi connectivity index (χ0v) is 19.2. The minimum absolute atomic E-state index is 0.235. The molecule has 0 saturated carbocycles. The smallest absolute Gasteiger partial charge is 0.243 e. The molecule has 1 aromatic heterocycles. The van der Waals surface area contributed by atoms with Crippen LogP contribution in [0.2, 0.25) is 0 Å². The largest absolute Gasteiger partial charge is 0.367 e. The summed E-state index contributed by atoms with van der Waals surface area (Å²) in [5.74, 6) is 0.846. The molecule has 1 aliphatic heterocycles. The number of hydrogen-bond acceptors (Lipinski definition) is 4. The first kappa shape index (κ1) is 21.2. The second kappa shape index (κ2) is 8.68. The van der Waals surface area contributed by atoms with Crippen molar-refractivity contribution in [3.63, 3.8) is 0 Å². The van der Waals surface area contributed by atoms with Gasteiger partial charge in [0.25, 0.3) is 0 Å². The Bertz CT molecular complexity index is 1200. The lowest BCUT2D eigenvalue weighted by atomic mass is 10.0. The molecular formula is C26H29N3O2S. The zero-order chi connectivity index (χ0) is 22.1. The number of hydrogen-bond donors (Lipinski definition) is 1. The molecule has 0 spiro atoms. The van der Waals surface area contributed by atoms with Gasteiger partial charge in [-0.25, -0.2) is 13.4 Å². The molecule has 1 fully saturated rings. The molecule has 2 heterocycles. The first-order valence-corrected chi connectivity index (χ1v) is 12.8. The molecule has 5 nitrogen and oxygen atoms in total. The van der Waals surface area contributed by atoms with E-state index >= 15 is 0 Å². The molecule has 6 heteroatoms. The highest BCUT2D eigenvalue weighted by Crippen LogP contribution is 2.29. The van der Waals surface area contributed by atoms with E-state index in [2.05, 4.69) is 28.5 Å². The van der Waals surface area contributed by atoms with Crippen molar-refractivity contribution in [3.05, 3.63) is 77.5 Å². The number of benzene rings is 2. The third kappa shape index (κ3) is 4.30. The molecule has 1 N–H and O–H groups in total. The Hall–Kier alpha value is -2.70. The van der Waals surface area contributed by atoms with Crippen molar-refractivity contribution in [2.24, 2.45) is 0 Å². The molecule has 32 heavy (non-hydrogen) atoms. The molecule has 5 rings (SSSR count). The molecule has 1 aliphatic carbocycles. The van der Waals surface area contributed by atoms with Crippen molar-refractivity contribution < 1.29 is 8.42 Å². The van der Waals surface area contributed by atoms with Crippen LogP contribution in [0.4, 0.5) is 5.82 Å². The first-order valence-electron chi connectivity index (χ1n) is 11.4. The number of piperidine rings is 1. The Kier molecular flexibility index (Phi) is 5.74. The fourth-order valence-corrected chi connectivity index (χ4v) is 6.19. The Morgan fingerprint density at radius 1 is 0.906 bits per heavy atom. The fourth-order valence-electron chi connectivity index (χ4n) is 4.72. The maximum atomic E-state index is 13.2. The summed E-state index contributed by atoms with van der Waals surface area (Å²) in [6.07, 6.45) is 6.91. The third-order valence-corrected chi connectivity index (χ3v) is 8.55. The van der Waals surface area contributed by atoms with Gasteiger partial charge in [-0.15, -0.1) is 0 Å². The van der Waals surface area contributed by atoms with Crippen LogP contribution in [-0.4, -0.2) is 36.8 Å². The summed E-state index contributed by atoms with van der Waals surface area (Å²) >= 11 is 0. The van der Waals surface area contributed by atoms with E-state index in [0.717, 1.165) is 41.8 Å². The minimum atomic E-state index is -3.48. The van der Waals surface area contributed by atoms with Gasteiger partial charge < -0.3 is 5.32 Å². The Balaban J connectivity index is 1.24. The van der Waals surface area contributed by atoms with Crippen LogP contribution in [0.15, 0.2) is 65.7 Å². The van der Waals surface area contributed by atoms with E-state index in [4.69, 9.17) is 0 Å².